The van der Waals surface area contributed by atoms with Crippen molar-refractivity contribution in [2.75, 3.05) is 0 Å². The number of aromatic nitrogens is 2. The summed E-state index contributed by atoms with van der Waals surface area (Å²) in [6.07, 6.45) is 3.89. The zero-order chi connectivity index (χ0) is 9.26. The topological polar surface area (TPSA) is 46.9 Å². The lowest BCUT2D eigenvalue weighted by Gasteiger charge is -2.04. The van der Waals surface area contributed by atoms with E-state index < -0.39 is 0 Å². The van der Waals surface area contributed by atoms with Crippen LogP contribution in [-0.4, -0.2) is 21.7 Å². The van der Waals surface area contributed by atoms with Crippen LogP contribution in [0.1, 0.15) is 30.3 Å². The second-order valence-corrected chi connectivity index (χ2v) is 3.28. The van der Waals surface area contributed by atoms with Crippen molar-refractivity contribution in [3.8, 4) is 0 Å². The van der Waals surface area contributed by atoms with Crippen LogP contribution in [0.2, 0.25) is 0 Å². The van der Waals surface area contributed by atoms with E-state index in [0.29, 0.717) is 11.7 Å². The number of carbonyl (C=O) groups excluding carboxylic acids is 1. The minimum Gasteiger partial charge on any atom is -0.348 e. The Hall–Kier alpha value is -1.32. The van der Waals surface area contributed by atoms with Crippen LogP contribution in [0.4, 0.5) is 0 Å². The highest BCUT2D eigenvalue weighted by Gasteiger charge is 2.24. The van der Waals surface area contributed by atoms with E-state index in [-0.39, 0.29) is 5.91 Å². The molecule has 1 heterocycles. The van der Waals surface area contributed by atoms with Gasteiger partial charge in [0.05, 0.1) is 0 Å². The molecular weight excluding hydrogens is 166 g/mol. The van der Waals surface area contributed by atoms with E-state index in [0.717, 1.165) is 19.4 Å². The van der Waals surface area contributed by atoms with Crippen molar-refractivity contribution in [2.45, 2.75) is 32.4 Å². The van der Waals surface area contributed by atoms with Crippen LogP contribution in [-0.2, 0) is 6.54 Å². The third kappa shape index (κ3) is 1.71. The van der Waals surface area contributed by atoms with Crippen molar-refractivity contribution in [3.63, 3.8) is 0 Å². The van der Waals surface area contributed by atoms with Crippen molar-refractivity contribution in [1.29, 1.82) is 0 Å². The second-order valence-electron chi connectivity index (χ2n) is 3.28. The molecule has 2 rings (SSSR count). The number of carbonyl (C=O) groups is 1. The average Bonchev–Trinajstić information content (AvgIpc) is 2.82. The van der Waals surface area contributed by atoms with Gasteiger partial charge in [-0.05, 0) is 25.8 Å². The third-order valence-electron chi connectivity index (χ3n) is 2.16. The van der Waals surface area contributed by atoms with Gasteiger partial charge in [0.25, 0.3) is 5.91 Å². The Bertz CT molecular complexity index is 314. The quantitative estimate of drug-likeness (QED) is 0.745. The fourth-order valence-corrected chi connectivity index (χ4v) is 1.26. The summed E-state index contributed by atoms with van der Waals surface area (Å²) in [7, 11) is 0. The van der Waals surface area contributed by atoms with Crippen molar-refractivity contribution in [1.82, 2.24) is 15.1 Å². The lowest BCUT2D eigenvalue weighted by atomic mass is 10.4. The highest BCUT2D eigenvalue weighted by Crippen LogP contribution is 2.19. The minimum atomic E-state index is 0.00171. The van der Waals surface area contributed by atoms with Gasteiger partial charge in [-0.3, -0.25) is 9.48 Å². The van der Waals surface area contributed by atoms with Crippen molar-refractivity contribution < 1.29 is 4.79 Å². The number of rotatable bonds is 3. The summed E-state index contributed by atoms with van der Waals surface area (Å²) >= 11 is 0. The molecule has 1 aliphatic rings. The van der Waals surface area contributed by atoms with E-state index in [1.54, 1.807) is 16.9 Å². The maximum Gasteiger partial charge on any atom is 0.269 e. The first kappa shape index (κ1) is 8.29. The van der Waals surface area contributed by atoms with Crippen LogP contribution in [0.5, 0.6) is 0 Å². The highest BCUT2D eigenvalue weighted by molar-refractivity contribution is 5.92. The minimum absolute atomic E-state index is 0.00171. The summed E-state index contributed by atoms with van der Waals surface area (Å²) in [4.78, 5) is 11.6. The molecule has 0 atom stereocenters. The van der Waals surface area contributed by atoms with Crippen molar-refractivity contribution >= 4 is 5.91 Å². The summed E-state index contributed by atoms with van der Waals surface area (Å²) in [5.41, 5.74) is 0.661. The first-order chi connectivity index (χ1) is 6.31. The Morgan fingerprint density at radius 3 is 3.15 bits per heavy atom. The predicted octanol–water partition coefficient (Wildman–Crippen LogP) is 0.795. The third-order valence-corrected chi connectivity index (χ3v) is 2.16. The van der Waals surface area contributed by atoms with Gasteiger partial charge >= 0.3 is 0 Å². The summed E-state index contributed by atoms with van der Waals surface area (Å²) in [5, 5.41) is 6.97. The molecule has 13 heavy (non-hydrogen) atoms. The fraction of sp³-hybridized carbons (Fsp3) is 0.556. The zero-order valence-corrected chi connectivity index (χ0v) is 7.66. The molecule has 1 amide bonds. The number of hydrogen-bond donors (Lipinski definition) is 1. The first-order valence-electron chi connectivity index (χ1n) is 4.64. The summed E-state index contributed by atoms with van der Waals surface area (Å²) in [5.74, 6) is 0.00171. The molecule has 70 valence electrons. The number of aryl methyl sites for hydroxylation is 1. The summed E-state index contributed by atoms with van der Waals surface area (Å²) in [6.45, 7) is 2.71. The lowest BCUT2D eigenvalue weighted by molar-refractivity contribution is 0.0940. The van der Waals surface area contributed by atoms with Crippen LogP contribution in [0.15, 0.2) is 12.3 Å². The van der Waals surface area contributed by atoms with Crippen LogP contribution < -0.4 is 5.32 Å². The lowest BCUT2D eigenvalue weighted by Crippen LogP contribution is -2.27. The molecule has 0 saturated heterocycles. The van der Waals surface area contributed by atoms with Gasteiger partial charge in [-0.2, -0.15) is 5.10 Å². The molecule has 1 aromatic heterocycles. The Labute approximate surface area is 76.9 Å². The molecule has 0 aromatic carbocycles. The van der Waals surface area contributed by atoms with Crippen LogP contribution in [0.25, 0.3) is 0 Å². The van der Waals surface area contributed by atoms with Crippen LogP contribution in [0.3, 0.4) is 0 Å². The molecule has 1 aliphatic carbocycles. The summed E-state index contributed by atoms with van der Waals surface area (Å²) in [6, 6.07) is 2.16. The molecule has 4 nitrogen and oxygen atoms in total. The number of amides is 1. The zero-order valence-electron chi connectivity index (χ0n) is 7.66. The Kier molecular flexibility index (Phi) is 2.04. The standard InChI is InChI=1S/C9H13N3O/c1-2-12-8(5-6-10-12)9(13)11-7-3-4-7/h5-7H,2-4H2,1H3,(H,11,13). The predicted molar refractivity (Wildman–Crippen MR) is 48.4 cm³/mol. The van der Waals surface area contributed by atoms with Crippen LogP contribution >= 0.6 is 0 Å². The van der Waals surface area contributed by atoms with Crippen molar-refractivity contribution in [2.24, 2.45) is 0 Å². The first-order valence-corrected chi connectivity index (χ1v) is 4.64. The van der Waals surface area contributed by atoms with Gasteiger partial charge in [0.2, 0.25) is 0 Å². The van der Waals surface area contributed by atoms with E-state index >= 15 is 0 Å². The summed E-state index contributed by atoms with van der Waals surface area (Å²) < 4.78 is 1.71. The van der Waals surface area contributed by atoms with Gasteiger partial charge in [-0.1, -0.05) is 0 Å². The fourth-order valence-electron chi connectivity index (χ4n) is 1.26. The number of hydrogen-bond acceptors (Lipinski definition) is 2. The number of nitrogens with one attached hydrogen (secondary N) is 1. The van der Waals surface area contributed by atoms with Gasteiger partial charge in [-0.15, -0.1) is 0 Å². The Balaban J connectivity index is 2.08. The van der Waals surface area contributed by atoms with Gasteiger partial charge in [0, 0.05) is 18.8 Å². The van der Waals surface area contributed by atoms with Crippen LogP contribution in [0, 0.1) is 0 Å². The molecule has 0 unspecified atom stereocenters. The van der Waals surface area contributed by atoms with Gasteiger partial charge in [0.1, 0.15) is 5.69 Å². The van der Waals surface area contributed by atoms with E-state index in [1.165, 1.54) is 0 Å². The van der Waals surface area contributed by atoms with E-state index in [4.69, 9.17) is 0 Å². The Morgan fingerprint density at radius 2 is 2.54 bits per heavy atom. The maximum atomic E-state index is 11.6. The van der Waals surface area contributed by atoms with E-state index in [2.05, 4.69) is 10.4 Å². The highest BCUT2D eigenvalue weighted by atomic mass is 16.2. The molecule has 1 saturated carbocycles. The maximum absolute atomic E-state index is 11.6. The molecule has 0 bridgehead atoms. The molecule has 0 spiro atoms. The van der Waals surface area contributed by atoms with Gasteiger partial charge < -0.3 is 5.32 Å². The smallest absolute Gasteiger partial charge is 0.269 e. The SMILES string of the molecule is CCn1nccc1C(=O)NC1CC1. The van der Waals surface area contributed by atoms with Gasteiger partial charge in [0.15, 0.2) is 0 Å². The van der Waals surface area contributed by atoms with E-state index in [1.807, 2.05) is 6.92 Å². The second kappa shape index (κ2) is 3.20. The monoisotopic (exact) mass is 179 g/mol. The normalized spacial score (nSPS) is 15.8. The van der Waals surface area contributed by atoms with Gasteiger partial charge in [-0.25, -0.2) is 0 Å². The molecule has 0 aliphatic heterocycles. The van der Waals surface area contributed by atoms with Crippen molar-refractivity contribution in [3.05, 3.63) is 18.0 Å². The average molecular weight is 179 g/mol. The number of nitrogens with zero attached hydrogens (tertiary/aromatic N) is 2. The molecule has 1 fully saturated rings. The Morgan fingerprint density at radius 1 is 1.77 bits per heavy atom. The largest absolute Gasteiger partial charge is 0.348 e. The molecular formula is C9H13N3O. The molecule has 4 heteroatoms. The molecule has 1 aromatic rings. The molecule has 0 radical (unpaired) electrons. The van der Waals surface area contributed by atoms with E-state index in [9.17, 15) is 4.79 Å². The molecule has 1 N–H and O–H groups in total.